The molecule has 31 heavy (non-hydrogen) atoms. The Morgan fingerprint density at radius 2 is 1.87 bits per heavy atom. The number of nitrogens with one attached hydrogen (secondary N) is 1. The summed E-state index contributed by atoms with van der Waals surface area (Å²) in [5.74, 6) is -0.480. The summed E-state index contributed by atoms with van der Waals surface area (Å²) in [7, 11) is 1.51. The van der Waals surface area contributed by atoms with Gasteiger partial charge in [0, 0.05) is 4.47 Å². The number of urea groups is 1. The number of halogens is 2. The Morgan fingerprint density at radius 3 is 2.52 bits per heavy atom. The van der Waals surface area contributed by atoms with Crippen LogP contribution in [0.3, 0.4) is 0 Å². The smallest absolute Gasteiger partial charge is 0.335 e. The van der Waals surface area contributed by atoms with E-state index in [-0.39, 0.29) is 5.57 Å². The molecule has 1 heterocycles. The summed E-state index contributed by atoms with van der Waals surface area (Å²) in [4.78, 5) is 39.0. The van der Waals surface area contributed by atoms with E-state index < -0.39 is 17.8 Å². The molecule has 2 aromatic rings. The fourth-order valence-electron chi connectivity index (χ4n) is 3.08. The van der Waals surface area contributed by atoms with Gasteiger partial charge >= 0.3 is 6.03 Å². The van der Waals surface area contributed by atoms with Gasteiger partial charge in [-0.2, -0.15) is 0 Å². The van der Waals surface area contributed by atoms with E-state index in [0.29, 0.717) is 39.4 Å². The average molecular weight is 552 g/mol. The van der Waals surface area contributed by atoms with Gasteiger partial charge in [0.05, 0.1) is 23.9 Å². The number of barbiturate groups is 1. The van der Waals surface area contributed by atoms with Crippen molar-refractivity contribution < 1.29 is 23.9 Å². The van der Waals surface area contributed by atoms with Crippen molar-refractivity contribution in [3.8, 4) is 11.5 Å². The molecule has 0 saturated carbocycles. The highest BCUT2D eigenvalue weighted by Crippen LogP contribution is 2.37. The molecule has 3 rings (SSSR count). The Hall–Kier alpha value is -2.65. The highest BCUT2D eigenvalue weighted by Gasteiger charge is 2.37. The van der Waals surface area contributed by atoms with Gasteiger partial charge in [0.15, 0.2) is 11.5 Å². The van der Waals surface area contributed by atoms with E-state index in [1.165, 1.54) is 13.2 Å². The van der Waals surface area contributed by atoms with Gasteiger partial charge in [-0.05, 0) is 76.8 Å². The SMILES string of the molecule is CCCOc1c(Br)cc(/C=C2/C(=O)NC(=O)N(c3ccc(Br)cc3C)C2=O)cc1OC. The van der Waals surface area contributed by atoms with Gasteiger partial charge in [-0.1, -0.05) is 22.9 Å². The zero-order chi connectivity index (χ0) is 22.7. The first-order chi connectivity index (χ1) is 14.8. The minimum Gasteiger partial charge on any atom is -0.493 e. The number of rotatable bonds is 6. The number of hydrogen-bond donors (Lipinski definition) is 1. The van der Waals surface area contributed by atoms with E-state index in [4.69, 9.17) is 9.47 Å². The van der Waals surface area contributed by atoms with Crippen LogP contribution in [0, 0.1) is 6.92 Å². The maximum atomic E-state index is 13.1. The molecule has 0 aromatic heterocycles. The van der Waals surface area contributed by atoms with Gasteiger partial charge in [0.25, 0.3) is 11.8 Å². The van der Waals surface area contributed by atoms with Crippen molar-refractivity contribution in [3.63, 3.8) is 0 Å². The number of methoxy groups -OCH3 is 1. The lowest BCUT2D eigenvalue weighted by atomic mass is 10.1. The van der Waals surface area contributed by atoms with Crippen LogP contribution < -0.4 is 19.7 Å². The summed E-state index contributed by atoms with van der Waals surface area (Å²) in [5, 5.41) is 2.23. The Balaban J connectivity index is 2.03. The molecule has 0 spiro atoms. The first-order valence-corrected chi connectivity index (χ1v) is 11.0. The fourth-order valence-corrected chi connectivity index (χ4v) is 4.13. The second kappa shape index (κ2) is 9.65. The molecule has 0 aliphatic carbocycles. The van der Waals surface area contributed by atoms with Crippen LogP contribution in [-0.2, 0) is 9.59 Å². The molecule has 1 N–H and O–H groups in total. The van der Waals surface area contributed by atoms with Gasteiger partial charge < -0.3 is 9.47 Å². The molecule has 0 bridgehead atoms. The second-order valence-electron chi connectivity index (χ2n) is 6.77. The van der Waals surface area contributed by atoms with Gasteiger partial charge in [-0.25, -0.2) is 9.69 Å². The van der Waals surface area contributed by atoms with Crippen LogP contribution in [0.2, 0.25) is 0 Å². The number of benzene rings is 2. The zero-order valence-electron chi connectivity index (χ0n) is 17.1. The van der Waals surface area contributed by atoms with Crippen molar-refractivity contribution in [2.24, 2.45) is 0 Å². The number of amides is 4. The third-order valence-electron chi connectivity index (χ3n) is 4.51. The predicted molar refractivity (Wildman–Crippen MR) is 124 cm³/mol. The normalized spacial score (nSPS) is 15.3. The number of imide groups is 2. The fraction of sp³-hybridized carbons (Fsp3) is 0.227. The summed E-state index contributed by atoms with van der Waals surface area (Å²) in [6.07, 6.45) is 2.25. The van der Waals surface area contributed by atoms with Crippen LogP contribution in [0.1, 0.15) is 24.5 Å². The van der Waals surface area contributed by atoms with E-state index in [0.717, 1.165) is 15.8 Å². The van der Waals surface area contributed by atoms with E-state index >= 15 is 0 Å². The molecule has 1 aliphatic rings. The monoisotopic (exact) mass is 550 g/mol. The molecule has 0 atom stereocenters. The van der Waals surface area contributed by atoms with Gasteiger partial charge in [-0.15, -0.1) is 0 Å². The number of ether oxygens (including phenoxy) is 2. The average Bonchev–Trinajstić information content (AvgIpc) is 2.71. The quantitative estimate of drug-likeness (QED) is 0.404. The lowest BCUT2D eigenvalue weighted by Crippen LogP contribution is -2.54. The first kappa shape index (κ1) is 23.0. The maximum absolute atomic E-state index is 13.1. The van der Waals surface area contributed by atoms with Crippen molar-refractivity contribution in [3.05, 3.63) is 56.0 Å². The zero-order valence-corrected chi connectivity index (χ0v) is 20.3. The lowest BCUT2D eigenvalue weighted by Gasteiger charge is -2.27. The van der Waals surface area contributed by atoms with Crippen LogP contribution in [0.15, 0.2) is 44.9 Å². The molecular formula is C22H20Br2N2O5. The first-order valence-electron chi connectivity index (χ1n) is 9.44. The van der Waals surface area contributed by atoms with Gasteiger partial charge in [-0.3, -0.25) is 14.9 Å². The third-order valence-corrected chi connectivity index (χ3v) is 5.60. The molecule has 0 unspecified atom stereocenters. The van der Waals surface area contributed by atoms with E-state index in [1.807, 2.05) is 6.92 Å². The molecule has 1 fully saturated rings. The predicted octanol–water partition coefficient (Wildman–Crippen LogP) is 4.98. The molecular weight excluding hydrogens is 532 g/mol. The van der Waals surface area contributed by atoms with Crippen LogP contribution in [0.5, 0.6) is 11.5 Å². The maximum Gasteiger partial charge on any atom is 0.335 e. The lowest BCUT2D eigenvalue weighted by molar-refractivity contribution is -0.122. The molecule has 2 aromatic carbocycles. The molecule has 7 nitrogen and oxygen atoms in total. The van der Waals surface area contributed by atoms with E-state index in [9.17, 15) is 14.4 Å². The highest BCUT2D eigenvalue weighted by atomic mass is 79.9. The topological polar surface area (TPSA) is 84.9 Å². The molecule has 1 saturated heterocycles. The van der Waals surface area contributed by atoms with Crippen LogP contribution >= 0.6 is 31.9 Å². The Kier molecular flexibility index (Phi) is 7.17. The van der Waals surface area contributed by atoms with E-state index in [1.54, 1.807) is 37.3 Å². The van der Waals surface area contributed by atoms with E-state index in [2.05, 4.69) is 37.2 Å². The summed E-state index contributed by atoms with van der Waals surface area (Å²) >= 11 is 6.81. The number of anilines is 1. The minimum atomic E-state index is -0.792. The molecule has 0 radical (unpaired) electrons. The largest absolute Gasteiger partial charge is 0.493 e. The number of nitrogens with zero attached hydrogens (tertiary/aromatic N) is 1. The standard InChI is InChI=1S/C22H20Br2N2O5/c1-4-7-31-19-16(24)10-13(11-18(19)30-3)9-15-20(27)25-22(29)26(21(15)28)17-6-5-14(23)8-12(17)2/h5-6,8-11H,4,7H2,1-3H3,(H,25,27,29)/b15-9-. The van der Waals surface area contributed by atoms with Gasteiger partial charge in [0.2, 0.25) is 0 Å². The number of carbonyl (C=O) groups is 3. The van der Waals surface area contributed by atoms with Crippen molar-refractivity contribution in [2.45, 2.75) is 20.3 Å². The van der Waals surface area contributed by atoms with Crippen molar-refractivity contribution in [2.75, 3.05) is 18.6 Å². The van der Waals surface area contributed by atoms with Crippen LogP contribution in [0.4, 0.5) is 10.5 Å². The molecule has 1 aliphatic heterocycles. The number of hydrogen-bond acceptors (Lipinski definition) is 5. The number of carbonyl (C=O) groups excluding carboxylic acids is 3. The highest BCUT2D eigenvalue weighted by molar-refractivity contribution is 9.10. The Morgan fingerprint density at radius 1 is 1.13 bits per heavy atom. The molecule has 9 heteroatoms. The number of aryl methyl sites for hydroxylation is 1. The minimum absolute atomic E-state index is 0.168. The molecule has 4 amide bonds. The Labute approximate surface area is 196 Å². The summed E-state index contributed by atoms with van der Waals surface area (Å²) in [6, 6.07) is 7.73. The van der Waals surface area contributed by atoms with Gasteiger partial charge in [0.1, 0.15) is 5.57 Å². The van der Waals surface area contributed by atoms with Crippen LogP contribution in [-0.4, -0.2) is 31.6 Å². The van der Waals surface area contributed by atoms with Crippen LogP contribution in [0.25, 0.3) is 6.08 Å². The van der Waals surface area contributed by atoms with Crippen molar-refractivity contribution >= 4 is 61.5 Å². The summed E-state index contributed by atoms with van der Waals surface area (Å²) in [6.45, 7) is 4.28. The summed E-state index contributed by atoms with van der Waals surface area (Å²) in [5.41, 5.74) is 1.46. The second-order valence-corrected chi connectivity index (χ2v) is 8.54. The Bertz CT molecular complexity index is 1100. The molecule has 162 valence electrons. The van der Waals surface area contributed by atoms with Crippen molar-refractivity contribution in [1.82, 2.24) is 5.32 Å². The van der Waals surface area contributed by atoms with Crippen molar-refractivity contribution in [1.29, 1.82) is 0 Å². The third kappa shape index (κ3) is 4.83. The summed E-state index contributed by atoms with van der Waals surface area (Å²) < 4.78 is 12.5.